The fourth-order valence-electron chi connectivity index (χ4n) is 2.92. The van der Waals surface area contributed by atoms with Gasteiger partial charge in [-0.1, -0.05) is 97.3 Å². The molecule has 0 saturated heterocycles. The highest BCUT2D eigenvalue weighted by Gasteiger charge is 2.01. The minimum absolute atomic E-state index is 0.364. The Balaban J connectivity index is 3.02. The van der Waals surface area contributed by atoms with Crippen molar-refractivity contribution >= 4 is 0 Å². The molecule has 0 amide bonds. The molecule has 0 heterocycles. The van der Waals surface area contributed by atoms with Crippen LogP contribution in [0.5, 0.6) is 0 Å². The zero-order chi connectivity index (χ0) is 14.9. The Hall–Kier alpha value is -0.0400. The largest absolute Gasteiger partial charge is 0.396 e. The van der Waals surface area contributed by atoms with Crippen LogP contribution >= 0.6 is 0 Å². The van der Waals surface area contributed by atoms with E-state index in [0.29, 0.717) is 6.61 Å². The summed E-state index contributed by atoms with van der Waals surface area (Å²) in [5, 5.41) is 8.79. The van der Waals surface area contributed by atoms with Crippen molar-refractivity contribution in [2.45, 2.75) is 110 Å². The van der Waals surface area contributed by atoms with Crippen molar-refractivity contribution in [3.05, 3.63) is 0 Å². The first-order valence-corrected chi connectivity index (χ1v) is 9.42. The molecule has 0 aromatic rings. The topological polar surface area (TPSA) is 20.2 Å². The van der Waals surface area contributed by atoms with E-state index in [-0.39, 0.29) is 0 Å². The van der Waals surface area contributed by atoms with Crippen LogP contribution in [0.4, 0.5) is 0 Å². The van der Waals surface area contributed by atoms with Gasteiger partial charge in [0.1, 0.15) is 0 Å². The molecule has 0 rings (SSSR count). The summed E-state index contributed by atoms with van der Waals surface area (Å²) in [6.45, 7) is 4.98. The highest BCUT2D eigenvalue weighted by Crippen LogP contribution is 2.16. The molecule has 1 N–H and O–H groups in total. The lowest BCUT2D eigenvalue weighted by Crippen LogP contribution is -1.96. The van der Waals surface area contributed by atoms with Crippen LogP contribution in [0.25, 0.3) is 0 Å². The molecule has 0 radical (unpaired) electrons. The summed E-state index contributed by atoms with van der Waals surface area (Å²) in [4.78, 5) is 0. The van der Waals surface area contributed by atoms with Crippen LogP contribution in [0.1, 0.15) is 110 Å². The number of hydrogen-bond donors (Lipinski definition) is 1. The average Bonchev–Trinajstić information content (AvgIpc) is 2.46. The number of rotatable bonds is 16. The number of aliphatic hydroxyl groups is 1. The minimum Gasteiger partial charge on any atom is -0.396 e. The van der Waals surface area contributed by atoms with E-state index < -0.39 is 0 Å². The van der Waals surface area contributed by atoms with Gasteiger partial charge < -0.3 is 5.11 Å². The van der Waals surface area contributed by atoms with Gasteiger partial charge in [0.2, 0.25) is 0 Å². The van der Waals surface area contributed by atoms with Gasteiger partial charge in [0, 0.05) is 6.61 Å². The van der Waals surface area contributed by atoms with Crippen molar-refractivity contribution in [2.75, 3.05) is 6.61 Å². The van der Waals surface area contributed by atoms with Crippen LogP contribution in [0.3, 0.4) is 0 Å². The third kappa shape index (κ3) is 16.0. The van der Waals surface area contributed by atoms with E-state index in [0.717, 1.165) is 12.3 Å². The molecule has 0 bridgehead atoms. The van der Waals surface area contributed by atoms with Gasteiger partial charge in [-0.3, -0.25) is 0 Å². The zero-order valence-electron chi connectivity index (χ0n) is 14.3. The van der Waals surface area contributed by atoms with Crippen LogP contribution < -0.4 is 0 Å². The maximum absolute atomic E-state index is 8.79. The van der Waals surface area contributed by atoms with Crippen molar-refractivity contribution in [1.82, 2.24) is 0 Å². The second-order valence-electron chi connectivity index (χ2n) is 6.65. The standard InChI is InChI=1S/C19H40O/c1-3-4-5-6-7-8-9-10-11-12-13-14-16-19(2)17-15-18-20/h19-20H,3-18H2,1-2H3/t19-/m1/s1. The fourth-order valence-corrected chi connectivity index (χ4v) is 2.92. The first kappa shape index (κ1) is 20.0. The second kappa shape index (κ2) is 17.0. The molecular formula is C19H40O. The normalized spacial score (nSPS) is 12.8. The van der Waals surface area contributed by atoms with E-state index in [2.05, 4.69) is 13.8 Å². The maximum Gasteiger partial charge on any atom is 0.0431 e. The van der Waals surface area contributed by atoms with Gasteiger partial charge in [-0.15, -0.1) is 0 Å². The number of aliphatic hydroxyl groups excluding tert-OH is 1. The van der Waals surface area contributed by atoms with Crippen molar-refractivity contribution in [2.24, 2.45) is 5.92 Å². The molecule has 1 atom stereocenters. The molecule has 20 heavy (non-hydrogen) atoms. The van der Waals surface area contributed by atoms with E-state index >= 15 is 0 Å². The fraction of sp³-hybridized carbons (Fsp3) is 1.00. The highest BCUT2D eigenvalue weighted by molar-refractivity contribution is 4.54. The third-order valence-corrected chi connectivity index (χ3v) is 4.41. The summed E-state index contributed by atoms with van der Waals surface area (Å²) >= 11 is 0. The van der Waals surface area contributed by atoms with Crippen molar-refractivity contribution in [1.29, 1.82) is 0 Å². The lowest BCUT2D eigenvalue weighted by atomic mass is 9.97. The van der Waals surface area contributed by atoms with Crippen LogP contribution in [0.15, 0.2) is 0 Å². The molecule has 0 fully saturated rings. The van der Waals surface area contributed by atoms with Gasteiger partial charge in [-0.2, -0.15) is 0 Å². The van der Waals surface area contributed by atoms with Gasteiger partial charge >= 0.3 is 0 Å². The van der Waals surface area contributed by atoms with Crippen molar-refractivity contribution < 1.29 is 5.11 Å². The second-order valence-corrected chi connectivity index (χ2v) is 6.65. The van der Waals surface area contributed by atoms with Gasteiger partial charge in [0.15, 0.2) is 0 Å². The van der Waals surface area contributed by atoms with Gasteiger partial charge in [0.25, 0.3) is 0 Å². The molecule has 0 spiro atoms. The molecule has 1 heteroatoms. The Bertz CT molecular complexity index is 167. The van der Waals surface area contributed by atoms with Crippen molar-refractivity contribution in [3.63, 3.8) is 0 Å². The molecular weight excluding hydrogens is 244 g/mol. The molecule has 0 aliphatic heterocycles. The Kier molecular flexibility index (Phi) is 17.0. The summed E-state index contributed by atoms with van der Waals surface area (Å²) in [6.07, 6.45) is 20.8. The molecule has 0 unspecified atom stereocenters. The zero-order valence-corrected chi connectivity index (χ0v) is 14.3. The molecule has 0 aliphatic carbocycles. The average molecular weight is 285 g/mol. The lowest BCUT2D eigenvalue weighted by molar-refractivity contribution is 0.270. The SMILES string of the molecule is CCCCCCCCCCCCCC[C@@H](C)CCCO. The summed E-state index contributed by atoms with van der Waals surface area (Å²) in [6, 6.07) is 0. The Labute approximate surface area is 128 Å². The Morgan fingerprint density at radius 2 is 1.00 bits per heavy atom. The van der Waals surface area contributed by atoms with Crippen LogP contribution in [-0.4, -0.2) is 11.7 Å². The quantitative estimate of drug-likeness (QED) is 0.321. The summed E-state index contributed by atoms with van der Waals surface area (Å²) in [7, 11) is 0. The molecule has 0 aliphatic rings. The first-order chi connectivity index (χ1) is 9.81. The van der Waals surface area contributed by atoms with E-state index in [1.54, 1.807) is 0 Å². The van der Waals surface area contributed by atoms with E-state index in [1.807, 2.05) is 0 Å². The van der Waals surface area contributed by atoms with Gasteiger partial charge in [0.05, 0.1) is 0 Å². The molecule has 0 aromatic carbocycles. The molecule has 0 aromatic heterocycles. The first-order valence-electron chi connectivity index (χ1n) is 9.42. The van der Waals surface area contributed by atoms with Crippen LogP contribution in [0, 0.1) is 5.92 Å². The summed E-state index contributed by atoms with van der Waals surface area (Å²) in [5.74, 6) is 0.810. The van der Waals surface area contributed by atoms with E-state index in [9.17, 15) is 0 Å². The molecule has 122 valence electrons. The van der Waals surface area contributed by atoms with Crippen LogP contribution in [0.2, 0.25) is 0 Å². The Morgan fingerprint density at radius 3 is 1.45 bits per heavy atom. The maximum atomic E-state index is 8.79. The summed E-state index contributed by atoms with van der Waals surface area (Å²) in [5.41, 5.74) is 0. The van der Waals surface area contributed by atoms with E-state index in [1.165, 1.54) is 89.9 Å². The monoisotopic (exact) mass is 284 g/mol. The molecule has 0 saturated carbocycles. The van der Waals surface area contributed by atoms with Crippen molar-refractivity contribution in [3.8, 4) is 0 Å². The smallest absolute Gasteiger partial charge is 0.0431 e. The van der Waals surface area contributed by atoms with E-state index in [4.69, 9.17) is 5.11 Å². The predicted octanol–water partition coefficient (Wildman–Crippen LogP) is 6.49. The predicted molar refractivity (Wildman–Crippen MR) is 91.2 cm³/mol. The highest BCUT2D eigenvalue weighted by atomic mass is 16.2. The Morgan fingerprint density at radius 1 is 0.600 bits per heavy atom. The van der Waals surface area contributed by atoms with Gasteiger partial charge in [-0.25, -0.2) is 0 Å². The number of unbranched alkanes of at least 4 members (excludes halogenated alkanes) is 11. The third-order valence-electron chi connectivity index (χ3n) is 4.41. The van der Waals surface area contributed by atoms with Gasteiger partial charge in [-0.05, 0) is 18.8 Å². The van der Waals surface area contributed by atoms with Crippen LogP contribution in [-0.2, 0) is 0 Å². The minimum atomic E-state index is 0.364. The summed E-state index contributed by atoms with van der Waals surface area (Å²) < 4.78 is 0. The lowest BCUT2D eigenvalue weighted by Gasteiger charge is -2.09. The number of hydrogen-bond acceptors (Lipinski definition) is 1. The molecule has 1 nitrogen and oxygen atoms in total.